The summed E-state index contributed by atoms with van der Waals surface area (Å²) in [7, 11) is 3.32. The predicted molar refractivity (Wildman–Crippen MR) is 114 cm³/mol. The van der Waals surface area contributed by atoms with Crippen LogP contribution in [0.15, 0.2) is 42.5 Å². The third-order valence-electron chi connectivity index (χ3n) is 5.39. The molecule has 0 fully saturated rings. The molecule has 0 bridgehead atoms. The van der Waals surface area contributed by atoms with E-state index in [1.807, 2.05) is 19.9 Å². The van der Waals surface area contributed by atoms with Crippen molar-refractivity contribution in [3.8, 4) is 11.5 Å². The van der Waals surface area contributed by atoms with Crippen molar-refractivity contribution in [2.24, 2.45) is 0 Å². The van der Waals surface area contributed by atoms with Crippen molar-refractivity contribution < 1.29 is 19.2 Å². The zero-order valence-corrected chi connectivity index (χ0v) is 17.7. The molecular formula is C23H32N3O3+. The summed E-state index contributed by atoms with van der Waals surface area (Å²) in [6.07, 6.45) is 0.965. The van der Waals surface area contributed by atoms with E-state index in [0.717, 1.165) is 31.0 Å². The highest BCUT2D eigenvalue weighted by Crippen LogP contribution is 2.34. The van der Waals surface area contributed by atoms with Gasteiger partial charge in [0, 0.05) is 23.6 Å². The van der Waals surface area contributed by atoms with Gasteiger partial charge in [0.05, 0.1) is 27.3 Å². The van der Waals surface area contributed by atoms with E-state index in [1.165, 1.54) is 21.6 Å². The van der Waals surface area contributed by atoms with Gasteiger partial charge in [0.25, 0.3) is 0 Å². The van der Waals surface area contributed by atoms with Gasteiger partial charge in [0.2, 0.25) is 0 Å². The summed E-state index contributed by atoms with van der Waals surface area (Å²) in [6, 6.07) is 14.8. The number of urea groups is 1. The summed E-state index contributed by atoms with van der Waals surface area (Å²) in [5.74, 6) is 1.48. The molecule has 1 unspecified atom stereocenters. The first kappa shape index (κ1) is 21.0. The van der Waals surface area contributed by atoms with Crippen LogP contribution >= 0.6 is 0 Å². The molecule has 3 rings (SSSR count). The number of hydrogen-bond donors (Lipinski definition) is 3. The summed E-state index contributed by atoms with van der Waals surface area (Å²) in [6.45, 7) is 6.38. The second kappa shape index (κ2) is 9.65. The molecule has 6 nitrogen and oxygen atoms in total. The molecule has 0 saturated carbocycles. The minimum Gasteiger partial charge on any atom is -0.493 e. The Labute approximate surface area is 173 Å². The molecule has 1 heterocycles. The van der Waals surface area contributed by atoms with E-state index in [2.05, 4.69) is 47.0 Å². The molecule has 0 aliphatic carbocycles. The van der Waals surface area contributed by atoms with Crippen LogP contribution in [0.5, 0.6) is 11.5 Å². The fourth-order valence-electron chi connectivity index (χ4n) is 4.00. The lowest BCUT2D eigenvalue weighted by atomic mass is 9.91. The Morgan fingerprint density at radius 2 is 1.83 bits per heavy atom. The van der Waals surface area contributed by atoms with Gasteiger partial charge in [-0.25, -0.2) is 4.79 Å². The van der Waals surface area contributed by atoms with Crippen molar-refractivity contribution >= 4 is 6.03 Å². The molecule has 0 radical (unpaired) electrons. The van der Waals surface area contributed by atoms with E-state index >= 15 is 0 Å². The van der Waals surface area contributed by atoms with Crippen LogP contribution in [0, 0.1) is 0 Å². The number of amides is 2. The number of quaternary nitrogens is 1. The highest BCUT2D eigenvalue weighted by Gasteiger charge is 2.33. The molecule has 0 spiro atoms. The maximum absolute atomic E-state index is 12.2. The summed E-state index contributed by atoms with van der Waals surface area (Å²) in [5, 5.41) is 5.97. The number of carbonyl (C=O) groups excluding carboxylic acids is 1. The monoisotopic (exact) mass is 398 g/mol. The van der Waals surface area contributed by atoms with Crippen LogP contribution in [0.3, 0.4) is 0 Å². The first-order valence-electron chi connectivity index (χ1n) is 10.2. The normalized spacial score (nSPS) is 18.1. The Kier molecular flexibility index (Phi) is 6.99. The zero-order chi connectivity index (χ0) is 20.8. The molecule has 2 aromatic carbocycles. The number of carbonyl (C=O) groups is 1. The average Bonchev–Trinajstić information content (AvgIpc) is 2.72. The quantitative estimate of drug-likeness (QED) is 0.669. The second-order valence-electron chi connectivity index (χ2n) is 7.79. The molecule has 3 N–H and O–H groups in total. The van der Waals surface area contributed by atoms with Gasteiger partial charge < -0.3 is 25.0 Å². The van der Waals surface area contributed by atoms with Gasteiger partial charge in [0.15, 0.2) is 11.5 Å². The number of benzene rings is 2. The highest BCUT2D eigenvalue weighted by molar-refractivity contribution is 5.74. The molecule has 2 aromatic rings. The summed E-state index contributed by atoms with van der Waals surface area (Å²) in [5.41, 5.74) is 3.77. The van der Waals surface area contributed by atoms with Gasteiger partial charge in [-0.3, -0.25) is 0 Å². The lowest BCUT2D eigenvalue weighted by Gasteiger charge is -2.35. The third-order valence-corrected chi connectivity index (χ3v) is 5.39. The van der Waals surface area contributed by atoms with Gasteiger partial charge in [-0.2, -0.15) is 0 Å². The lowest BCUT2D eigenvalue weighted by Crippen LogP contribution is -3.12. The van der Waals surface area contributed by atoms with E-state index in [0.29, 0.717) is 6.54 Å². The zero-order valence-electron chi connectivity index (χ0n) is 17.7. The number of methoxy groups -OCH3 is 2. The maximum atomic E-state index is 12.2. The number of ether oxygens (including phenoxy) is 2. The summed E-state index contributed by atoms with van der Waals surface area (Å²) >= 11 is 0. The van der Waals surface area contributed by atoms with Crippen LogP contribution in [0.4, 0.5) is 4.79 Å². The summed E-state index contributed by atoms with van der Waals surface area (Å²) in [4.78, 5) is 13.7. The molecule has 156 valence electrons. The Bertz CT molecular complexity index is 824. The molecule has 6 heteroatoms. The van der Waals surface area contributed by atoms with Crippen LogP contribution in [0.2, 0.25) is 0 Å². The van der Waals surface area contributed by atoms with E-state index in [9.17, 15) is 4.79 Å². The number of rotatable bonds is 7. The topological polar surface area (TPSA) is 64.0 Å². The van der Waals surface area contributed by atoms with Gasteiger partial charge in [-0.1, -0.05) is 30.3 Å². The number of hydrogen-bond acceptors (Lipinski definition) is 3. The molecule has 0 saturated heterocycles. The maximum Gasteiger partial charge on any atom is 0.315 e. The first-order chi connectivity index (χ1) is 14.0. The smallest absolute Gasteiger partial charge is 0.315 e. The van der Waals surface area contributed by atoms with Crippen LogP contribution in [0.1, 0.15) is 36.6 Å². The van der Waals surface area contributed by atoms with Crippen molar-refractivity contribution in [3.63, 3.8) is 0 Å². The third kappa shape index (κ3) is 5.21. The van der Waals surface area contributed by atoms with E-state index in [-0.39, 0.29) is 18.1 Å². The molecule has 2 atom stereocenters. The van der Waals surface area contributed by atoms with Gasteiger partial charge >= 0.3 is 6.03 Å². The van der Waals surface area contributed by atoms with Crippen molar-refractivity contribution in [2.75, 3.05) is 27.3 Å². The Morgan fingerprint density at radius 3 is 2.48 bits per heavy atom. The molecular weight excluding hydrogens is 366 g/mol. The Balaban J connectivity index is 1.88. The fourth-order valence-corrected chi connectivity index (χ4v) is 4.00. The van der Waals surface area contributed by atoms with Crippen LogP contribution in [-0.2, 0) is 13.0 Å². The number of fused-ring (bicyclic) bond motifs is 1. The average molecular weight is 399 g/mol. The second-order valence-corrected chi connectivity index (χ2v) is 7.79. The molecule has 2 amide bonds. The van der Waals surface area contributed by atoms with Gasteiger partial charge in [-0.15, -0.1) is 0 Å². The predicted octanol–water partition coefficient (Wildman–Crippen LogP) is 2.09. The fraction of sp³-hybridized carbons (Fsp3) is 0.435. The Morgan fingerprint density at radius 1 is 1.14 bits per heavy atom. The molecule has 29 heavy (non-hydrogen) atoms. The van der Waals surface area contributed by atoms with Crippen LogP contribution in [0.25, 0.3) is 0 Å². The SMILES string of the molecule is COc1cc2c(cc1OC)[C@@H](CNC(=O)NC(C)C)[NH+](Cc1ccccc1)CC2. The minimum absolute atomic E-state index is 0.103. The van der Waals surface area contributed by atoms with E-state index < -0.39 is 0 Å². The minimum atomic E-state index is -0.133. The lowest BCUT2D eigenvalue weighted by molar-refractivity contribution is -0.945. The van der Waals surface area contributed by atoms with Gasteiger partial charge in [0.1, 0.15) is 12.6 Å². The van der Waals surface area contributed by atoms with Crippen molar-refractivity contribution in [1.82, 2.24) is 10.6 Å². The molecule has 0 aromatic heterocycles. The van der Waals surface area contributed by atoms with E-state index in [1.54, 1.807) is 14.2 Å². The van der Waals surface area contributed by atoms with Crippen molar-refractivity contribution in [3.05, 3.63) is 59.2 Å². The van der Waals surface area contributed by atoms with E-state index in [4.69, 9.17) is 9.47 Å². The Hall–Kier alpha value is -2.73. The molecule has 1 aliphatic heterocycles. The van der Waals surface area contributed by atoms with Crippen LogP contribution < -0.4 is 25.0 Å². The first-order valence-corrected chi connectivity index (χ1v) is 10.2. The largest absolute Gasteiger partial charge is 0.493 e. The highest BCUT2D eigenvalue weighted by atomic mass is 16.5. The van der Waals surface area contributed by atoms with Crippen molar-refractivity contribution in [2.45, 2.75) is 38.9 Å². The molecule has 1 aliphatic rings. The standard InChI is InChI=1S/C23H31N3O3/c1-16(2)25-23(27)24-14-20-19-13-22(29-4)21(28-3)12-18(19)10-11-26(20)15-17-8-6-5-7-9-17/h5-9,12-13,16,20H,10-11,14-15H2,1-4H3,(H2,24,25,27)/p+1/t20-/m1/s1. The van der Waals surface area contributed by atoms with Crippen molar-refractivity contribution in [1.29, 1.82) is 0 Å². The number of nitrogens with one attached hydrogen (secondary N) is 3. The van der Waals surface area contributed by atoms with Crippen LogP contribution in [-0.4, -0.2) is 39.4 Å². The van der Waals surface area contributed by atoms with Gasteiger partial charge in [-0.05, 0) is 31.5 Å². The summed E-state index contributed by atoms with van der Waals surface area (Å²) < 4.78 is 11.0.